The molecule has 0 aliphatic heterocycles. The third-order valence-electron chi connectivity index (χ3n) is 3.57. The molecule has 0 saturated heterocycles. The van der Waals surface area contributed by atoms with Gasteiger partial charge >= 0.3 is 5.97 Å². The average molecular weight is 220 g/mol. The minimum Gasteiger partial charge on any atom is -0.479 e. The summed E-state index contributed by atoms with van der Waals surface area (Å²) in [5.74, 6) is -1.32. The third kappa shape index (κ3) is 1.83. The van der Waals surface area contributed by atoms with Gasteiger partial charge in [-0.05, 0) is 37.3 Å². The molecule has 0 aromatic heterocycles. The predicted molar refractivity (Wildman–Crippen MR) is 60.2 cm³/mol. The SMILES string of the molecule is CC(O)(C(=O)O)C1CCc2ccccc2C1. The van der Waals surface area contributed by atoms with Crippen LogP contribution in [-0.4, -0.2) is 21.8 Å². The molecular formula is C13H16O3. The van der Waals surface area contributed by atoms with Crippen molar-refractivity contribution in [1.29, 1.82) is 0 Å². The molecule has 1 aromatic carbocycles. The lowest BCUT2D eigenvalue weighted by Gasteiger charge is -2.33. The summed E-state index contributed by atoms with van der Waals surface area (Å²) in [6, 6.07) is 8.03. The van der Waals surface area contributed by atoms with Crippen LogP contribution in [0.4, 0.5) is 0 Å². The largest absolute Gasteiger partial charge is 0.479 e. The van der Waals surface area contributed by atoms with Crippen LogP contribution in [0.5, 0.6) is 0 Å². The Morgan fingerprint density at radius 2 is 2.00 bits per heavy atom. The summed E-state index contributed by atoms with van der Waals surface area (Å²) in [6.07, 6.45) is 2.23. The van der Waals surface area contributed by atoms with Crippen LogP contribution < -0.4 is 0 Å². The van der Waals surface area contributed by atoms with Gasteiger partial charge in [-0.2, -0.15) is 0 Å². The van der Waals surface area contributed by atoms with Gasteiger partial charge in [0.25, 0.3) is 0 Å². The normalized spacial score (nSPS) is 23.2. The highest BCUT2D eigenvalue weighted by Crippen LogP contribution is 2.32. The molecule has 0 spiro atoms. The van der Waals surface area contributed by atoms with Gasteiger partial charge in [0.2, 0.25) is 0 Å². The summed E-state index contributed by atoms with van der Waals surface area (Å²) in [7, 11) is 0. The Hall–Kier alpha value is -1.35. The van der Waals surface area contributed by atoms with Crippen LogP contribution in [0.3, 0.4) is 0 Å². The standard InChI is InChI=1S/C13H16O3/c1-13(16,12(14)15)11-7-6-9-4-2-3-5-10(9)8-11/h2-5,11,16H,6-8H2,1H3,(H,14,15). The Labute approximate surface area is 94.7 Å². The van der Waals surface area contributed by atoms with E-state index in [0.29, 0.717) is 6.42 Å². The minimum atomic E-state index is -1.62. The van der Waals surface area contributed by atoms with Crippen LogP contribution in [0.1, 0.15) is 24.5 Å². The molecule has 3 nitrogen and oxygen atoms in total. The number of aliphatic carboxylic acids is 1. The summed E-state index contributed by atoms with van der Waals surface area (Å²) in [5.41, 5.74) is 0.827. The fourth-order valence-corrected chi connectivity index (χ4v) is 2.35. The highest BCUT2D eigenvalue weighted by atomic mass is 16.4. The zero-order valence-electron chi connectivity index (χ0n) is 9.31. The second kappa shape index (κ2) is 3.91. The number of aliphatic hydroxyl groups is 1. The fraction of sp³-hybridized carbons (Fsp3) is 0.462. The predicted octanol–water partition coefficient (Wildman–Crippen LogP) is 1.63. The number of fused-ring (bicyclic) bond motifs is 1. The van der Waals surface area contributed by atoms with E-state index in [4.69, 9.17) is 5.11 Å². The van der Waals surface area contributed by atoms with Crippen molar-refractivity contribution in [2.45, 2.75) is 31.8 Å². The van der Waals surface area contributed by atoms with Crippen LogP contribution in [0.2, 0.25) is 0 Å². The van der Waals surface area contributed by atoms with Crippen molar-refractivity contribution >= 4 is 5.97 Å². The molecule has 1 aromatic rings. The van der Waals surface area contributed by atoms with E-state index in [-0.39, 0.29) is 5.92 Å². The molecule has 0 amide bonds. The minimum absolute atomic E-state index is 0.195. The molecule has 2 rings (SSSR count). The molecule has 86 valence electrons. The van der Waals surface area contributed by atoms with Gasteiger partial charge in [-0.25, -0.2) is 4.79 Å². The molecule has 16 heavy (non-hydrogen) atoms. The van der Waals surface area contributed by atoms with Crippen LogP contribution in [-0.2, 0) is 17.6 Å². The monoisotopic (exact) mass is 220 g/mol. The molecule has 3 heteroatoms. The van der Waals surface area contributed by atoms with Gasteiger partial charge in [-0.3, -0.25) is 0 Å². The van der Waals surface area contributed by atoms with Gasteiger partial charge < -0.3 is 10.2 Å². The van der Waals surface area contributed by atoms with E-state index in [2.05, 4.69) is 6.07 Å². The molecule has 0 fully saturated rings. The second-order valence-electron chi connectivity index (χ2n) is 4.66. The number of benzene rings is 1. The number of hydrogen-bond donors (Lipinski definition) is 2. The zero-order chi connectivity index (χ0) is 11.8. The van der Waals surface area contributed by atoms with E-state index < -0.39 is 11.6 Å². The van der Waals surface area contributed by atoms with E-state index in [1.165, 1.54) is 18.1 Å². The Morgan fingerprint density at radius 1 is 1.38 bits per heavy atom. The number of carboxylic acid groups (broad SMARTS) is 1. The van der Waals surface area contributed by atoms with Crippen molar-refractivity contribution < 1.29 is 15.0 Å². The van der Waals surface area contributed by atoms with Crippen molar-refractivity contribution in [2.75, 3.05) is 0 Å². The fourth-order valence-electron chi connectivity index (χ4n) is 2.35. The molecule has 2 atom stereocenters. The Bertz CT molecular complexity index is 409. The maximum absolute atomic E-state index is 11.0. The molecule has 0 saturated carbocycles. The van der Waals surface area contributed by atoms with Gasteiger partial charge in [0.15, 0.2) is 5.60 Å². The summed E-state index contributed by atoms with van der Waals surface area (Å²) in [6.45, 7) is 1.40. The van der Waals surface area contributed by atoms with Gasteiger partial charge in [0.05, 0.1) is 0 Å². The van der Waals surface area contributed by atoms with Crippen LogP contribution in [0.15, 0.2) is 24.3 Å². The number of carbonyl (C=O) groups is 1. The van der Waals surface area contributed by atoms with Crippen LogP contribution in [0.25, 0.3) is 0 Å². The van der Waals surface area contributed by atoms with Gasteiger partial charge in [-0.15, -0.1) is 0 Å². The zero-order valence-corrected chi connectivity index (χ0v) is 9.31. The van der Waals surface area contributed by atoms with E-state index in [1.807, 2.05) is 18.2 Å². The number of rotatable bonds is 2. The topological polar surface area (TPSA) is 57.5 Å². The molecule has 1 aliphatic rings. The van der Waals surface area contributed by atoms with Crippen molar-refractivity contribution in [1.82, 2.24) is 0 Å². The van der Waals surface area contributed by atoms with E-state index in [0.717, 1.165) is 12.8 Å². The van der Waals surface area contributed by atoms with Gasteiger partial charge in [-0.1, -0.05) is 24.3 Å². The van der Waals surface area contributed by atoms with E-state index in [9.17, 15) is 9.90 Å². The molecule has 2 N–H and O–H groups in total. The summed E-state index contributed by atoms with van der Waals surface area (Å²) in [5, 5.41) is 18.9. The Morgan fingerprint density at radius 3 is 2.62 bits per heavy atom. The first-order valence-electron chi connectivity index (χ1n) is 5.54. The maximum Gasteiger partial charge on any atom is 0.335 e. The van der Waals surface area contributed by atoms with Gasteiger partial charge in [0, 0.05) is 5.92 Å². The van der Waals surface area contributed by atoms with E-state index in [1.54, 1.807) is 0 Å². The number of aryl methyl sites for hydroxylation is 1. The Kier molecular flexibility index (Phi) is 2.72. The lowest BCUT2D eigenvalue weighted by atomic mass is 9.75. The molecule has 1 aliphatic carbocycles. The van der Waals surface area contributed by atoms with Crippen molar-refractivity contribution in [3.05, 3.63) is 35.4 Å². The highest BCUT2D eigenvalue weighted by Gasteiger charge is 2.40. The van der Waals surface area contributed by atoms with Crippen LogP contribution in [0, 0.1) is 5.92 Å². The van der Waals surface area contributed by atoms with Crippen molar-refractivity contribution in [2.24, 2.45) is 5.92 Å². The summed E-state index contributed by atoms with van der Waals surface area (Å²) < 4.78 is 0. The lowest BCUT2D eigenvalue weighted by molar-refractivity contribution is -0.163. The first kappa shape index (κ1) is 11.1. The number of hydrogen-bond acceptors (Lipinski definition) is 2. The average Bonchev–Trinajstić information content (AvgIpc) is 2.28. The summed E-state index contributed by atoms with van der Waals surface area (Å²) in [4.78, 5) is 11.0. The second-order valence-corrected chi connectivity index (χ2v) is 4.66. The lowest BCUT2D eigenvalue weighted by Crippen LogP contribution is -2.45. The smallest absolute Gasteiger partial charge is 0.335 e. The molecule has 0 bridgehead atoms. The first-order valence-corrected chi connectivity index (χ1v) is 5.54. The first-order chi connectivity index (χ1) is 7.51. The molecule has 0 heterocycles. The van der Waals surface area contributed by atoms with Crippen LogP contribution >= 0.6 is 0 Å². The third-order valence-corrected chi connectivity index (χ3v) is 3.57. The molecule has 2 unspecified atom stereocenters. The number of carboxylic acids is 1. The molecule has 0 radical (unpaired) electrons. The quantitative estimate of drug-likeness (QED) is 0.796. The summed E-state index contributed by atoms with van der Waals surface area (Å²) >= 11 is 0. The van der Waals surface area contributed by atoms with E-state index >= 15 is 0 Å². The molecular weight excluding hydrogens is 204 g/mol. The highest BCUT2D eigenvalue weighted by molar-refractivity contribution is 5.77. The Balaban J connectivity index is 2.23. The van der Waals surface area contributed by atoms with Crippen molar-refractivity contribution in [3.63, 3.8) is 0 Å². The van der Waals surface area contributed by atoms with Gasteiger partial charge in [0.1, 0.15) is 0 Å². The maximum atomic E-state index is 11.0. The van der Waals surface area contributed by atoms with Crippen molar-refractivity contribution in [3.8, 4) is 0 Å².